The highest BCUT2D eigenvalue weighted by Gasteiger charge is 2.12. The van der Waals surface area contributed by atoms with Crippen LogP contribution in [0.3, 0.4) is 0 Å². The molecule has 0 bridgehead atoms. The molecule has 1 heterocycles. The van der Waals surface area contributed by atoms with Crippen molar-refractivity contribution in [1.29, 1.82) is 0 Å². The van der Waals surface area contributed by atoms with E-state index in [1.54, 1.807) is 0 Å². The summed E-state index contributed by atoms with van der Waals surface area (Å²) in [5, 5.41) is 11.3. The van der Waals surface area contributed by atoms with Gasteiger partial charge in [0, 0.05) is 11.3 Å². The standard InChI is InChI=1S/C24H21N3O3S/c1-2-29-21-14-10-19(11-15-21)23-26-27-24(30-23)31-16-22(28)25-20-12-8-18(9-13-20)17-6-4-3-5-7-17/h3-15H,2,16H2,1H3,(H,25,28). The largest absolute Gasteiger partial charge is 0.494 e. The number of hydrogen-bond acceptors (Lipinski definition) is 6. The van der Waals surface area contributed by atoms with Crippen LogP contribution in [0.4, 0.5) is 5.69 Å². The molecule has 31 heavy (non-hydrogen) atoms. The molecule has 0 saturated carbocycles. The molecule has 1 N–H and O–H groups in total. The number of hydrogen-bond donors (Lipinski definition) is 1. The summed E-state index contributed by atoms with van der Waals surface area (Å²) in [5.41, 5.74) is 3.77. The number of aromatic nitrogens is 2. The minimum Gasteiger partial charge on any atom is -0.494 e. The van der Waals surface area contributed by atoms with E-state index in [0.29, 0.717) is 17.7 Å². The lowest BCUT2D eigenvalue weighted by Crippen LogP contribution is -2.13. The van der Waals surface area contributed by atoms with Gasteiger partial charge in [0.2, 0.25) is 11.8 Å². The molecule has 0 saturated heterocycles. The van der Waals surface area contributed by atoms with Crippen LogP contribution in [0.2, 0.25) is 0 Å². The van der Waals surface area contributed by atoms with Crippen LogP contribution in [0, 0.1) is 0 Å². The summed E-state index contributed by atoms with van der Waals surface area (Å²) in [4.78, 5) is 12.3. The maximum absolute atomic E-state index is 12.3. The number of thioether (sulfide) groups is 1. The van der Waals surface area contributed by atoms with Crippen molar-refractivity contribution in [3.8, 4) is 28.3 Å². The fourth-order valence-corrected chi connectivity index (χ4v) is 3.51. The third kappa shape index (κ3) is 5.52. The lowest BCUT2D eigenvalue weighted by molar-refractivity contribution is -0.113. The molecule has 1 aromatic heterocycles. The maximum Gasteiger partial charge on any atom is 0.277 e. The fourth-order valence-electron chi connectivity index (χ4n) is 2.95. The monoisotopic (exact) mass is 431 g/mol. The zero-order valence-electron chi connectivity index (χ0n) is 16.9. The third-order valence-corrected chi connectivity index (χ3v) is 5.24. The molecule has 0 aliphatic carbocycles. The van der Waals surface area contributed by atoms with Crippen LogP contribution in [-0.4, -0.2) is 28.5 Å². The first-order valence-electron chi connectivity index (χ1n) is 9.86. The van der Waals surface area contributed by atoms with Gasteiger partial charge in [0.05, 0.1) is 12.4 Å². The van der Waals surface area contributed by atoms with Crippen LogP contribution >= 0.6 is 11.8 Å². The number of carbonyl (C=O) groups is 1. The molecule has 3 aromatic carbocycles. The first kappa shape index (κ1) is 20.7. The Kier molecular flexibility index (Phi) is 6.64. The molecule has 7 heteroatoms. The van der Waals surface area contributed by atoms with Gasteiger partial charge >= 0.3 is 0 Å². The van der Waals surface area contributed by atoms with Gasteiger partial charge in [-0.1, -0.05) is 54.2 Å². The third-order valence-electron chi connectivity index (χ3n) is 4.42. The van der Waals surface area contributed by atoms with Gasteiger partial charge in [-0.25, -0.2) is 0 Å². The number of benzene rings is 3. The molecule has 0 aliphatic rings. The van der Waals surface area contributed by atoms with Crippen molar-refractivity contribution in [2.24, 2.45) is 0 Å². The van der Waals surface area contributed by atoms with Crippen LogP contribution in [0.5, 0.6) is 5.75 Å². The van der Waals surface area contributed by atoms with Gasteiger partial charge < -0.3 is 14.5 Å². The van der Waals surface area contributed by atoms with E-state index >= 15 is 0 Å². The Morgan fingerprint density at radius 2 is 1.58 bits per heavy atom. The summed E-state index contributed by atoms with van der Waals surface area (Å²) in [6.45, 7) is 2.55. The highest BCUT2D eigenvalue weighted by Crippen LogP contribution is 2.25. The Hall–Kier alpha value is -3.58. The number of rotatable bonds is 8. The minimum absolute atomic E-state index is 0.140. The van der Waals surface area contributed by atoms with Gasteiger partial charge in [-0.05, 0) is 54.4 Å². The molecule has 0 fully saturated rings. The number of carbonyl (C=O) groups excluding carboxylic acids is 1. The SMILES string of the molecule is CCOc1ccc(-c2nnc(SCC(=O)Nc3ccc(-c4ccccc4)cc3)o2)cc1. The Bertz CT molecular complexity index is 1130. The van der Waals surface area contributed by atoms with E-state index < -0.39 is 0 Å². The number of ether oxygens (including phenoxy) is 1. The second-order valence-corrected chi connectivity index (χ2v) is 7.54. The second kappa shape index (κ2) is 9.95. The highest BCUT2D eigenvalue weighted by molar-refractivity contribution is 7.99. The fraction of sp³-hybridized carbons (Fsp3) is 0.125. The Labute approximate surface area is 184 Å². The molecular formula is C24H21N3O3S. The molecule has 0 atom stereocenters. The molecule has 4 rings (SSSR count). The van der Waals surface area contributed by atoms with Gasteiger partial charge in [0.15, 0.2) is 0 Å². The number of amides is 1. The van der Waals surface area contributed by atoms with E-state index in [1.807, 2.05) is 73.7 Å². The van der Waals surface area contributed by atoms with E-state index in [9.17, 15) is 4.79 Å². The lowest BCUT2D eigenvalue weighted by Gasteiger charge is -2.06. The molecule has 6 nitrogen and oxygen atoms in total. The highest BCUT2D eigenvalue weighted by atomic mass is 32.2. The number of nitrogens with zero attached hydrogens (tertiary/aromatic N) is 2. The summed E-state index contributed by atoms with van der Waals surface area (Å²) >= 11 is 1.20. The van der Waals surface area contributed by atoms with Crippen molar-refractivity contribution in [2.75, 3.05) is 17.7 Å². The first-order chi connectivity index (χ1) is 15.2. The number of anilines is 1. The zero-order chi connectivity index (χ0) is 21.5. The van der Waals surface area contributed by atoms with Crippen molar-refractivity contribution in [3.05, 3.63) is 78.9 Å². The molecule has 0 unspecified atom stereocenters. The lowest BCUT2D eigenvalue weighted by atomic mass is 10.1. The van der Waals surface area contributed by atoms with Crippen molar-refractivity contribution >= 4 is 23.4 Å². The van der Waals surface area contributed by atoms with Crippen molar-refractivity contribution in [1.82, 2.24) is 10.2 Å². The van der Waals surface area contributed by atoms with Crippen LogP contribution in [-0.2, 0) is 4.79 Å². The predicted molar refractivity (Wildman–Crippen MR) is 122 cm³/mol. The summed E-state index contributed by atoms with van der Waals surface area (Å²) in [6, 6.07) is 25.3. The van der Waals surface area contributed by atoms with Gasteiger partial charge in [-0.15, -0.1) is 10.2 Å². The van der Waals surface area contributed by atoms with E-state index in [1.165, 1.54) is 11.8 Å². The molecule has 156 valence electrons. The first-order valence-corrected chi connectivity index (χ1v) is 10.8. The molecule has 4 aromatic rings. The number of nitrogens with one attached hydrogen (secondary N) is 1. The van der Waals surface area contributed by atoms with Gasteiger partial charge in [0.25, 0.3) is 5.22 Å². The average molecular weight is 432 g/mol. The Balaban J connectivity index is 1.30. The zero-order valence-corrected chi connectivity index (χ0v) is 17.8. The summed E-state index contributed by atoms with van der Waals surface area (Å²) in [7, 11) is 0. The van der Waals surface area contributed by atoms with Gasteiger partial charge in [0.1, 0.15) is 5.75 Å². The topological polar surface area (TPSA) is 77.2 Å². The van der Waals surface area contributed by atoms with Gasteiger partial charge in [-0.2, -0.15) is 0 Å². The van der Waals surface area contributed by atoms with E-state index in [-0.39, 0.29) is 11.7 Å². The summed E-state index contributed by atoms with van der Waals surface area (Å²) < 4.78 is 11.1. The normalized spacial score (nSPS) is 10.6. The Morgan fingerprint density at radius 3 is 2.29 bits per heavy atom. The van der Waals surface area contributed by atoms with Crippen LogP contribution in [0.25, 0.3) is 22.6 Å². The summed E-state index contributed by atoms with van der Waals surface area (Å²) in [6.07, 6.45) is 0. The minimum atomic E-state index is -0.140. The van der Waals surface area contributed by atoms with Crippen molar-refractivity contribution in [3.63, 3.8) is 0 Å². The molecule has 0 aliphatic heterocycles. The maximum atomic E-state index is 12.3. The van der Waals surface area contributed by atoms with Crippen LogP contribution in [0.15, 0.2) is 88.5 Å². The van der Waals surface area contributed by atoms with Crippen LogP contribution < -0.4 is 10.1 Å². The van der Waals surface area contributed by atoms with Crippen molar-refractivity contribution in [2.45, 2.75) is 12.1 Å². The Morgan fingerprint density at radius 1 is 0.903 bits per heavy atom. The quantitative estimate of drug-likeness (QED) is 0.370. The molecular weight excluding hydrogens is 410 g/mol. The van der Waals surface area contributed by atoms with E-state index in [2.05, 4.69) is 27.6 Å². The summed E-state index contributed by atoms with van der Waals surface area (Å²) in [5.74, 6) is 1.22. The van der Waals surface area contributed by atoms with Crippen molar-refractivity contribution < 1.29 is 13.9 Å². The molecule has 0 spiro atoms. The van der Waals surface area contributed by atoms with Gasteiger partial charge in [-0.3, -0.25) is 4.79 Å². The second-order valence-electron chi connectivity index (χ2n) is 6.61. The molecule has 0 radical (unpaired) electrons. The predicted octanol–water partition coefficient (Wildman–Crippen LogP) is 5.53. The smallest absolute Gasteiger partial charge is 0.277 e. The molecule has 1 amide bonds. The van der Waals surface area contributed by atoms with Crippen LogP contribution in [0.1, 0.15) is 6.92 Å². The van der Waals surface area contributed by atoms with E-state index in [0.717, 1.165) is 28.1 Å². The average Bonchev–Trinajstić information content (AvgIpc) is 3.29. The van der Waals surface area contributed by atoms with E-state index in [4.69, 9.17) is 9.15 Å².